The van der Waals surface area contributed by atoms with Gasteiger partial charge >= 0.3 is 0 Å². The minimum absolute atomic E-state index is 0.0822. The van der Waals surface area contributed by atoms with Crippen molar-refractivity contribution >= 4 is 32.5 Å². The Hall–Kier alpha value is -3.61. The fourth-order valence-electron chi connectivity index (χ4n) is 4.74. The molecule has 35 heavy (non-hydrogen) atoms. The Morgan fingerprint density at radius 3 is 2.66 bits per heavy atom. The van der Waals surface area contributed by atoms with Crippen LogP contribution in [0.2, 0.25) is 0 Å². The third-order valence-corrected chi connectivity index (χ3v) is 6.56. The number of fused-ring (bicyclic) bond motifs is 2. The summed E-state index contributed by atoms with van der Waals surface area (Å²) in [5.74, 6) is 0.142. The molecule has 0 fully saturated rings. The van der Waals surface area contributed by atoms with E-state index >= 15 is 4.39 Å². The van der Waals surface area contributed by atoms with Gasteiger partial charge in [0.15, 0.2) is 0 Å². The van der Waals surface area contributed by atoms with Crippen LogP contribution in [-0.4, -0.2) is 47.9 Å². The number of hydrogen-bond donors (Lipinski definition) is 0. The van der Waals surface area contributed by atoms with Crippen molar-refractivity contribution in [2.24, 2.45) is 13.0 Å². The van der Waals surface area contributed by atoms with Crippen molar-refractivity contribution in [3.63, 3.8) is 0 Å². The average Bonchev–Trinajstić information content (AvgIpc) is 3.29. The molecule has 4 aromatic rings. The fraction of sp³-hybridized carbons (Fsp3) is 0.269. The van der Waals surface area contributed by atoms with Gasteiger partial charge in [0.25, 0.3) is 5.91 Å². The quantitative estimate of drug-likeness (QED) is 0.409. The molecule has 1 aliphatic heterocycles. The molecule has 5 rings (SSSR count). The van der Waals surface area contributed by atoms with Crippen molar-refractivity contribution in [3.05, 3.63) is 77.5 Å². The molecule has 3 heterocycles. The predicted molar refractivity (Wildman–Crippen MR) is 139 cm³/mol. The summed E-state index contributed by atoms with van der Waals surface area (Å²) < 4.78 is 23.7. The van der Waals surface area contributed by atoms with E-state index in [9.17, 15) is 4.79 Å². The summed E-state index contributed by atoms with van der Waals surface area (Å²) in [5, 5.41) is 4.74. The molecular weight excluding hydrogens is 441 g/mol. The molecule has 0 saturated heterocycles. The highest BCUT2D eigenvalue weighted by molar-refractivity contribution is 6.42. The van der Waals surface area contributed by atoms with Crippen molar-refractivity contribution in [1.82, 2.24) is 19.7 Å². The van der Waals surface area contributed by atoms with Gasteiger partial charge in [0.1, 0.15) is 27.3 Å². The highest BCUT2D eigenvalue weighted by Gasteiger charge is 2.44. The van der Waals surface area contributed by atoms with Crippen LogP contribution in [0.5, 0.6) is 5.75 Å². The van der Waals surface area contributed by atoms with E-state index in [4.69, 9.17) is 4.74 Å². The van der Waals surface area contributed by atoms with Gasteiger partial charge in [-0.1, -0.05) is 26.0 Å². The lowest BCUT2D eigenvalue weighted by Crippen LogP contribution is -2.45. The molecule has 0 aliphatic carbocycles. The zero-order valence-corrected chi connectivity index (χ0v) is 20.7. The Kier molecular flexibility index (Phi) is 5.66. The number of carbonyl (C=O) groups is 1. The molecule has 0 unspecified atom stereocenters. The Labute approximate surface area is 205 Å². The van der Waals surface area contributed by atoms with Gasteiger partial charge in [-0.15, -0.1) is 0 Å². The SMILES string of the molecule is BC1(B)c2ncccc2C(=O)N1Cc1c(F)cc(-c2cccc3nn(C)cc23)cc1OCC(C)C. The number of pyridine rings is 1. The smallest absolute Gasteiger partial charge is 0.255 e. The number of benzene rings is 2. The van der Waals surface area contributed by atoms with Crippen LogP contribution in [0.1, 0.15) is 35.5 Å². The van der Waals surface area contributed by atoms with Crippen LogP contribution in [-0.2, 0) is 18.9 Å². The molecule has 9 heteroatoms. The number of aryl methyl sites for hydroxylation is 1. The van der Waals surface area contributed by atoms with Crippen LogP contribution >= 0.6 is 0 Å². The first-order valence-electron chi connectivity index (χ1n) is 11.8. The van der Waals surface area contributed by atoms with E-state index < -0.39 is 11.2 Å². The van der Waals surface area contributed by atoms with Gasteiger partial charge in [0.2, 0.25) is 0 Å². The van der Waals surface area contributed by atoms with Gasteiger partial charge in [-0.25, -0.2) is 4.39 Å². The summed E-state index contributed by atoms with van der Waals surface area (Å²) in [6, 6.07) is 12.7. The maximum Gasteiger partial charge on any atom is 0.255 e. The lowest BCUT2D eigenvalue weighted by atomic mass is 9.59. The number of amides is 1. The summed E-state index contributed by atoms with van der Waals surface area (Å²) in [4.78, 5) is 19.4. The van der Waals surface area contributed by atoms with Crippen LogP contribution in [0.15, 0.2) is 54.9 Å². The first-order chi connectivity index (χ1) is 16.7. The molecule has 1 amide bonds. The molecular formula is C26H27B2FN4O2. The molecule has 0 spiro atoms. The number of hydrogen-bond acceptors (Lipinski definition) is 4. The zero-order valence-electron chi connectivity index (χ0n) is 20.7. The number of rotatable bonds is 6. The van der Waals surface area contributed by atoms with Crippen LogP contribution in [0.4, 0.5) is 4.39 Å². The minimum Gasteiger partial charge on any atom is -0.493 e. The van der Waals surface area contributed by atoms with Crippen molar-refractivity contribution in [2.45, 2.75) is 25.7 Å². The summed E-state index contributed by atoms with van der Waals surface area (Å²) in [7, 11) is 5.74. The second-order valence-corrected chi connectivity index (χ2v) is 10.0. The van der Waals surface area contributed by atoms with Crippen LogP contribution < -0.4 is 4.74 Å². The van der Waals surface area contributed by atoms with E-state index in [0.717, 1.165) is 16.5 Å². The van der Waals surface area contributed by atoms with Crippen molar-refractivity contribution in [1.29, 1.82) is 0 Å². The van der Waals surface area contributed by atoms with E-state index in [-0.39, 0.29) is 18.4 Å². The summed E-state index contributed by atoms with van der Waals surface area (Å²) in [5.41, 5.74) is 4.05. The number of ether oxygens (including phenoxy) is 1. The summed E-state index contributed by atoms with van der Waals surface area (Å²) in [6.45, 7) is 4.61. The van der Waals surface area contributed by atoms with Gasteiger partial charge in [-0.3, -0.25) is 14.5 Å². The minimum atomic E-state index is -0.671. The third-order valence-electron chi connectivity index (χ3n) is 6.56. The number of aromatic nitrogens is 3. The first-order valence-corrected chi connectivity index (χ1v) is 11.8. The third kappa shape index (κ3) is 3.99. The maximum atomic E-state index is 15.8. The standard InChI is InChI=1S/C26H27B2FN4O2/c1-15(2)14-35-23-11-16(17-6-4-8-22-19(17)12-32(3)31-22)10-21(29)20(23)13-33-25(34)18-7-5-9-30-24(18)26(33,27)28/h4-12,15H,13-14,27-28H2,1-3H3. The molecule has 0 bridgehead atoms. The highest BCUT2D eigenvalue weighted by atomic mass is 19.1. The monoisotopic (exact) mass is 468 g/mol. The van der Waals surface area contributed by atoms with Crippen molar-refractivity contribution in [3.8, 4) is 16.9 Å². The van der Waals surface area contributed by atoms with Gasteiger partial charge in [0.05, 0.1) is 29.9 Å². The highest BCUT2D eigenvalue weighted by Crippen LogP contribution is 2.38. The molecule has 1 aliphatic rings. The number of carbonyl (C=O) groups excluding carboxylic acids is 1. The molecule has 0 atom stereocenters. The zero-order chi connectivity index (χ0) is 24.9. The fourth-order valence-corrected chi connectivity index (χ4v) is 4.74. The topological polar surface area (TPSA) is 60.2 Å². The second kappa shape index (κ2) is 8.56. The largest absolute Gasteiger partial charge is 0.493 e. The Morgan fingerprint density at radius 1 is 1.14 bits per heavy atom. The summed E-state index contributed by atoms with van der Waals surface area (Å²) >= 11 is 0. The average molecular weight is 468 g/mol. The lowest BCUT2D eigenvalue weighted by molar-refractivity contribution is 0.0727. The maximum absolute atomic E-state index is 15.8. The Balaban J connectivity index is 1.59. The molecule has 0 radical (unpaired) electrons. The molecule has 2 aromatic heterocycles. The Bertz CT molecular complexity index is 1450. The van der Waals surface area contributed by atoms with Gasteiger partial charge < -0.3 is 9.64 Å². The van der Waals surface area contributed by atoms with E-state index in [1.54, 1.807) is 27.9 Å². The van der Waals surface area contributed by atoms with E-state index in [2.05, 4.69) is 10.1 Å². The first kappa shape index (κ1) is 23.1. The van der Waals surface area contributed by atoms with E-state index in [1.165, 1.54) is 6.07 Å². The van der Waals surface area contributed by atoms with Crippen molar-refractivity contribution in [2.75, 3.05) is 6.61 Å². The predicted octanol–water partition coefficient (Wildman–Crippen LogP) is 2.84. The lowest BCUT2D eigenvalue weighted by Gasteiger charge is -2.33. The van der Waals surface area contributed by atoms with Gasteiger partial charge in [0, 0.05) is 35.7 Å². The molecule has 176 valence electrons. The molecule has 6 nitrogen and oxygen atoms in total. The number of nitrogens with zero attached hydrogens (tertiary/aromatic N) is 4. The van der Waals surface area contributed by atoms with Gasteiger partial charge in [-0.2, -0.15) is 5.10 Å². The molecule has 0 saturated carbocycles. The summed E-state index contributed by atoms with van der Waals surface area (Å²) in [6.07, 6.45) is 3.61. The second-order valence-electron chi connectivity index (χ2n) is 10.0. The van der Waals surface area contributed by atoms with Gasteiger partial charge in [-0.05, 0) is 47.4 Å². The van der Waals surface area contributed by atoms with E-state index in [1.807, 2.05) is 67.1 Å². The molecule has 2 aromatic carbocycles. The van der Waals surface area contributed by atoms with E-state index in [0.29, 0.717) is 34.7 Å². The van der Waals surface area contributed by atoms with Crippen LogP contribution in [0.3, 0.4) is 0 Å². The van der Waals surface area contributed by atoms with Crippen LogP contribution in [0.25, 0.3) is 22.0 Å². The van der Waals surface area contributed by atoms with Crippen LogP contribution in [0, 0.1) is 11.7 Å². The Morgan fingerprint density at radius 2 is 1.91 bits per heavy atom. The van der Waals surface area contributed by atoms with Crippen molar-refractivity contribution < 1.29 is 13.9 Å². The molecule has 0 N–H and O–H groups in total. The number of halogens is 1. The normalized spacial score (nSPS) is 14.7.